The van der Waals surface area contributed by atoms with Crippen LogP contribution in [0, 0.1) is 20.8 Å². The number of carbonyl (C=O) groups excluding carboxylic acids is 1. The van der Waals surface area contributed by atoms with Crippen LogP contribution in [0.25, 0.3) is 16.6 Å². The zero-order chi connectivity index (χ0) is 21.3. The molecule has 152 valence electrons. The molecule has 30 heavy (non-hydrogen) atoms. The molecule has 0 radical (unpaired) electrons. The first-order chi connectivity index (χ1) is 14.4. The molecule has 0 bridgehead atoms. The topological polar surface area (TPSA) is 103 Å². The highest BCUT2D eigenvalue weighted by Gasteiger charge is 2.17. The van der Waals surface area contributed by atoms with Gasteiger partial charge in [-0.3, -0.25) is 19.5 Å². The largest absolute Gasteiger partial charge is 0.328 e. The Labute approximate surface area is 176 Å². The third kappa shape index (κ3) is 3.97. The van der Waals surface area contributed by atoms with Crippen LogP contribution in [-0.4, -0.2) is 31.4 Å². The zero-order valence-corrected chi connectivity index (χ0v) is 17.5. The van der Waals surface area contributed by atoms with Crippen molar-refractivity contribution in [3.8, 4) is 5.69 Å². The number of nitrogens with one attached hydrogen (secondary N) is 1. The molecule has 0 unspecified atom stereocenters. The van der Waals surface area contributed by atoms with Gasteiger partial charge >= 0.3 is 6.01 Å². The minimum atomic E-state index is -0.335. The van der Waals surface area contributed by atoms with Gasteiger partial charge in [0.1, 0.15) is 0 Å². The summed E-state index contributed by atoms with van der Waals surface area (Å²) in [5, 5.41) is 7.14. The fourth-order valence-electron chi connectivity index (χ4n) is 3.11. The zero-order valence-electron chi connectivity index (χ0n) is 16.7. The van der Waals surface area contributed by atoms with Crippen molar-refractivity contribution in [1.82, 2.24) is 19.7 Å². The van der Waals surface area contributed by atoms with E-state index in [0.717, 1.165) is 16.8 Å². The Balaban J connectivity index is 1.72. The number of benzene rings is 2. The number of amides is 1. The van der Waals surface area contributed by atoms with Gasteiger partial charge in [0.25, 0.3) is 5.56 Å². The average Bonchev–Trinajstić information content (AvgIpc) is 3.12. The number of fused-ring (bicyclic) bond motifs is 1. The van der Waals surface area contributed by atoms with E-state index in [1.54, 1.807) is 23.6 Å². The lowest BCUT2D eigenvalue weighted by Gasteiger charge is -2.15. The number of carbonyl (C=O) groups is 1. The van der Waals surface area contributed by atoms with E-state index in [0.29, 0.717) is 21.9 Å². The first-order valence-corrected chi connectivity index (χ1v) is 10.2. The molecule has 0 aliphatic carbocycles. The maximum Gasteiger partial charge on any atom is 0.328 e. The quantitative estimate of drug-likeness (QED) is 0.389. The van der Waals surface area contributed by atoms with Crippen molar-refractivity contribution in [3.05, 3.63) is 69.8 Å². The first kappa shape index (κ1) is 19.8. The second-order valence-electron chi connectivity index (χ2n) is 6.83. The normalized spacial score (nSPS) is 11.0. The predicted molar refractivity (Wildman–Crippen MR) is 115 cm³/mol. The fourth-order valence-corrected chi connectivity index (χ4v) is 3.92. The summed E-state index contributed by atoms with van der Waals surface area (Å²) < 4.78 is 6.47. The molecule has 1 amide bonds. The molecule has 0 atom stereocenters. The first-order valence-electron chi connectivity index (χ1n) is 9.25. The maximum absolute atomic E-state index is 13.3. The predicted octanol–water partition coefficient (Wildman–Crippen LogP) is 3.42. The molecule has 4 aromatic rings. The molecule has 2 heterocycles. The number of aromatic nitrogens is 4. The lowest BCUT2D eigenvalue weighted by atomic mass is 10.1. The molecular weight excluding hydrogens is 402 g/mol. The van der Waals surface area contributed by atoms with Crippen molar-refractivity contribution in [2.24, 2.45) is 0 Å². The standard InChI is InChI=1S/C21H19N5O3S/c1-12-8-9-17(13(2)10-12)26-19(28)15-6-4-5-7-16(15)23-21(26)30-11-18(27)24-20-22-14(3)25-29-20/h4-10H,11H2,1-3H3,(H,22,24,25,27). The Kier molecular flexibility index (Phi) is 5.37. The highest BCUT2D eigenvalue weighted by atomic mass is 32.2. The van der Waals surface area contributed by atoms with E-state index in [2.05, 4.69) is 20.4 Å². The summed E-state index contributed by atoms with van der Waals surface area (Å²) >= 11 is 1.17. The van der Waals surface area contributed by atoms with Crippen LogP contribution < -0.4 is 10.9 Å². The monoisotopic (exact) mass is 421 g/mol. The van der Waals surface area contributed by atoms with Crippen LogP contribution in [0.15, 0.2) is 56.9 Å². The molecule has 2 aromatic carbocycles. The number of hydrogen-bond acceptors (Lipinski definition) is 7. The highest BCUT2D eigenvalue weighted by molar-refractivity contribution is 7.99. The summed E-state index contributed by atoms with van der Waals surface area (Å²) in [4.78, 5) is 34.2. The minimum Gasteiger partial charge on any atom is -0.315 e. The van der Waals surface area contributed by atoms with Crippen molar-refractivity contribution in [1.29, 1.82) is 0 Å². The molecule has 0 saturated heterocycles. The van der Waals surface area contributed by atoms with E-state index in [-0.39, 0.29) is 23.2 Å². The van der Waals surface area contributed by atoms with E-state index in [1.807, 2.05) is 44.2 Å². The summed E-state index contributed by atoms with van der Waals surface area (Å²) in [5.74, 6) is 0.119. The summed E-state index contributed by atoms with van der Waals surface area (Å²) in [7, 11) is 0. The van der Waals surface area contributed by atoms with Gasteiger partial charge in [0, 0.05) is 0 Å². The van der Waals surface area contributed by atoms with Gasteiger partial charge in [-0.2, -0.15) is 4.98 Å². The Morgan fingerprint density at radius 1 is 1.13 bits per heavy atom. The maximum atomic E-state index is 13.3. The van der Waals surface area contributed by atoms with Crippen LogP contribution in [0.4, 0.5) is 6.01 Å². The van der Waals surface area contributed by atoms with Crippen molar-refractivity contribution < 1.29 is 9.32 Å². The number of hydrogen-bond donors (Lipinski definition) is 1. The van der Waals surface area contributed by atoms with Gasteiger partial charge in [-0.15, -0.1) is 0 Å². The summed E-state index contributed by atoms with van der Waals surface area (Å²) in [5.41, 5.74) is 3.18. The average molecular weight is 421 g/mol. The molecule has 0 saturated carbocycles. The third-order valence-electron chi connectivity index (χ3n) is 4.44. The lowest BCUT2D eigenvalue weighted by molar-refractivity contribution is -0.114. The van der Waals surface area contributed by atoms with Crippen LogP contribution >= 0.6 is 11.8 Å². The molecule has 1 N–H and O–H groups in total. The lowest BCUT2D eigenvalue weighted by Crippen LogP contribution is -2.23. The van der Waals surface area contributed by atoms with E-state index in [9.17, 15) is 9.59 Å². The number of anilines is 1. The van der Waals surface area contributed by atoms with E-state index >= 15 is 0 Å². The fraction of sp³-hybridized carbons (Fsp3) is 0.190. The smallest absolute Gasteiger partial charge is 0.315 e. The van der Waals surface area contributed by atoms with Gasteiger partial charge in [-0.25, -0.2) is 4.98 Å². The number of rotatable bonds is 5. The Morgan fingerprint density at radius 2 is 1.93 bits per heavy atom. The van der Waals surface area contributed by atoms with Crippen LogP contribution in [-0.2, 0) is 4.79 Å². The van der Waals surface area contributed by atoms with Crippen LogP contribution in [0.5, 0.6) is 0 Å². The Morgan fingerprint density at radius 3 is 2.67 bits per heavy atom. The molecule has 0 aliphatic heterocycles. The molecule has 2 aromatic heterocycles. The number of para-hydroxylation sites is 1. The van der Waals surface area contributed by atoms with Crippen molar-refractivity contribution in [2.45, 2.75) is 25.9 Å². The van der Waals surface area contributed by atoms with E-state index < -0.39 is 0 Å². The Bertz CT molecular complexity index is 1310. The molecule has 0 fully saturated rings. The van der Waals surface area contributed by atoms with Crippen molar-refractivity contribution in [2.75, 3.05) is 11.1 Å². The minimum absolute atomic E-state index is 0.0249. The van der Waals surface area contributed by atoms with E-state index in [4.69, 9.17) is 4.52 Å². The molecule has 0 spiro atoms. The molecule has 0 aliphatic rings. The molecule has 4 rings (SSSR count). The summed E-state index contributed by atoms with van der Waals surface area (Å²) in [6, 6.07) is 13.1. The van der Waals surface area contributed by atoms with Gasteiger partial charge < -0.3 is 4.52 Å². The number of aryl methyl sites for hydroxylation is 3. The van der Waals surface area contributed by atoms with Gasteiger partial charge in [-0.1, -0.05) is 46.7 Å². The number of nitrogens with zero attached hydrogens (tertiary/aromatic N) is 4. The summed E-state index contributed by atoms with van der Waals surface area (Å²) in [6.45, 7) is 5.61. The van der Waals surface area contributed by atoms with Crippen LogP contribution in [0.3, 0.4) is 0 Å². The third-order valence-corrected chi connectivity index (χ3v) is 5.38. The summed E-state index contributed by atoms with van der Waals surface area (Å²) in [6.07, 6.45) is 0. The Hall–Kier alpha value is -3.46. The highest BCUT2D eigenvalue weighted by Crippen LogP contribution is 2.24. The van der Waals surface area contributed by atoms with Crippen LogP contribution in [0.1, 0.15) is 17.0 Å². The van der Waals surface area contributed by atoms with Gasteiger partial charge in [0.2, 0.25) is 5.91 Å². The van der Waals surface area contributed by atoms with Crippen molar-refractivity contribution in [3.63, 3.8) is 0 Å². The second-order valence-corrected chi connectivity index (χ2v) is 7.77. The number of thioether (sulfide) groups is 1. The van der Waals surface area contributed by atoms with E-state index in [1.165, 1.54) is 11.8 Å². The van der Waals surface area contributed by atoms with Gasteiger partial charge in [0.15, 0.2) is 11.0 Å². The van der Waals surface area contributed by atoms with Gasteiger partial charge in [-0.05, 0) is 44.5 Å². The van der Waals surface area contributed by atoms with Crippen LogP contribution in [0.2, 0.25) is 0 Å². The van der Waals surface area contributed by atoms with Crippen molar-refractivity contribution >= 4 is 34.6 Å². The molecular formula is C21H19N5O3S. The van der Waals surface area contributed by atoms with Gasteiger partial charge in [0.05, 0.1) is 22.3 Å². The molecule has 9 heteroatoms. The molecule has 8 nitrogen and oxygen atoms in total. The second kappa shape index (κ2) is 8.11. The SMILES string of the molecule is Cc1ccc(-n2c(SCC(=O)Nc3nc(C)no3)nc3ccccc3c2=O)c(C)c1.